The molecular weight excluding hydrogens is 324 g/mol. The lowest BCUT2D eigenvalue weighted by Crippen LogP contribution is -2.27. The minimum Gasteiger partial charge on any atom is -0.316 e. The quantitative estimate of drug-likeness (QED) is 0.696. The summed E-state index contributed by atoms with van der Waals surface area (Å²) in [6.45, 7) is 4.23. The van der Waals surface area contributed by atoms with Crippen LogP contribution < -0.4 is 0 Å². The SMILES string of the molecule is Cc1ccc(/C=C/C2=CC(c3ccc(C)cc3)N3C=CSC3=N2)cc1. The van der Waals surface area contributed by atoms with Gasteiger partial charge in [0.25, 0.3) is 0 Å². The molecule has 0 saturated carbocycles. The van der Waals surface area contributed by atoms with Crippen LogP contribution in [0.2, 0.25) is 0 Å². The first-order valence-electron chi connectivity index (χ1n) is 8.42. The molecule has 0 amide bonds. The van der Waals surface area contributed by atoms with Crippen molar-refractivity contribution in [1.29, 1.82) is 0 Å². The second-order valence-corrected chi connectivity index (χ2v) is 7.27. The zero-order valence-electron chi connectivity index (χ0n) is 14.4. The van der Waals surface area contributed by atoms with E-state index >= 15 is 0 Å². The Balaban J connectivity index is 1.64. The Hall–Kier alpha value is -2.52. The summed E-state index contributed by atoms with van der Waals surface area (Å²) in [7, 11) is 0. The molecule has 0 radical (unpaired) electrons. The first-order chi connectivity index (χ1) is 12.2. The Bertz CT molecular complexity index is 887. The van der Waals surface area contributed by atoms with E-state index in [2.05, 4.69) is 97.1 Å². The molecule has 0 spiro atoms. The van der Waals surface area contributed by atoms with Gasteiger partial charge < -0.3 is 4.90 Å². The van der Waals surface area contributed by atoms with Crippen LogP contribution >= 0.6 is 11.8 Å². The van der Waals surface area contributed by atoms with Gasteiger partial charge in [-0.1, -0.05) is 77.5 Å². The van der Waals surface area contributed by atoms with Crippen molar-refractivity contribution in [2.45, 2.75) is 19.9 Å². The lowest BCUT2D eigenvalue weighted by molar-refractivity contribution is 0.487. The van der Waals surface area contributed by atoms with Crippen LogP contribution in [0.4, 0.5) is 0 Å². The fraction of sp³-hybridized carbons (Fsp3) is 0.136. The van der Waals surface area contributed by atoms with E-state index in [0.29, 0.717) is 0 Å². The fourth-order valence-corrected chi connectivity index (χ4v) is 3.71. The molecule has 0 fully saturated rings. The van der Waals surface area contributed by atoms with Crippen molar-refractivity contribution >= 4 is 23.0 Å². The summed E-state index contributed by atoms with van der Waals surface area (Å²) in [5, 5.41) is 3.14. The van der Waals surface area contributed by atoms with E-state index in [4.69, 9.17) is 4.99 Å². The van der Waals surface area contributed by atoms with Gasteiger partial charge in [0.05, 0.1) is 11.7 Å². The average molecular weight is 344 g/mol. The molecule has 2 nitrogen and oxygen atoms in total. The number of benzene rings is 2. The van der Waals surface area contributed by atoms with Gasteiger partial charge in [-0.05, 0) is 42.5 Å². The molecule has 1 atom stereocenters. The Kier molecular flexibility index (Phi) is 4.33. The predicted molar refractivity (Wildman–Crippen MR) is 108 cm³/mol. The van der Waals surface area contributed by atoms with Crippen LogP contribution in [0.15, 0.2) is 83.0 Å². The van der Waals surface area contributed by atoms with E-state index in [1.165, 1.54) is 22.3 Å². The molecule has 2 aliphatic rings. The highest BCUT2D eigenvalue weighted by Crippen LogP contribution is 2.36. The first kappa shape index (κ1) is 16.0. The predicted octanol–water partition coefficient (Wildman–Crippen LogP) is 5.83. The highest BCUT2D eigenvalue weighted by Gasteiger charge is 2.27. The van der Waals surface area contributed by atoms with Crippen LogP contribution in [-0.4, -0.2) is 10.1 Å². The van der Waals surface area contributed by atoms with Crippen LogP contribution in [0.1, 0.15) is 28.3 Å². The largest absolute Gasteiger partial charge is 0.316 e. The van der Waals surface area contributed by atoms with E-state index in [1.54, 1.807) is 11.8 Å². The molecule has 0 N–H and O–H groups in total. The van der Waals surface area contributed by atoms with Gasteiger partial charge in [-0.15, -0.1) is 0 Å². The number of aliphatic imine (C=N–C) groups is 1. The Morgan fingerprint density at radius 2 is 1.60 bits per heavy atom. The maximum Gasteiger partial charge on any atom is 0.173 e. The number of aryl methyl sites for hydroxylation is 2. The van der Waals surface area contributed by atoms with E-state index < -0.39 is 0 Å². The van der Waals surface area contributed by atoms with E-state index in [0.717, 1.165) is 10.9 Å². The van der Waals surface area contributed by atoms with E-state index in [9.17, 15) is 0 Å². The topological polar surface area (TPSA) is 15.6 Å². The van der Waals surface area contributed by atoms with Gasteiger partial charge in [0.1, 0.15) is 0 Å². The Labute approximate surface area is 153 Å². The zero-order valence-corrected chi connectivity index (χ0v) is 15.2. The number of amidine groups is 1. The van der Waals surface area contributed by atoms with Gasteiger partial charge in [-0.2, -0.15) is 0 Å². The van der Waals surface area contributed by atoms with Crippen molar-refractivity contribution in [3.05, 3.63) is 100 Å². The lowest BCUT2D eigenvalue weighted by atomic mass is 10.0. The molecule has 2 aromatic rings. The molecule has 25 heavy (non-hydrogen) atoms. The minimum atomic E-state index is 0.192. The standard InChI is InChI=1S/C22H20N2S/c1-16-3-7-18(8-4-16)9-12-20-15-21(19-10-5-17(2)6-11-19)24-13-14-25-22(24)23-20/h3-15,21H,1-2H3/b12-9+. The summed E-state index contributed by atoms with van der Waals surface area (Å²) < 4.78 is 0. The summed E-state index contributed by atoms with van der Waals surface area (Å²) in [4.78, 5) is 7.02. The van der Waals surface area contributed by atoms with E-state index in [1.807, 2.05) is 0 Å². The molecule has 0 aromatic heterocycles. The number of hydrogen-bond donors (Lipinski definition) is 0. The molecule has 0 bridgehead atoms. The van der Waals surface area contributed by atoms with Crippen molar-refractivity contribution in [3.63, 3.8) is 0 Å². The third-order valence-corrected chi connectivity index (χ3v) is 5.18. The second-order valence-electron chi connectivity index (χ2n) is 6.40. The number of allylic oxidation sites excluding steroid dienone is 1. The normalized spacial score (nSPS) is 19.1. The number of thioether (sulfide) groups is 1. The number of rotatable bonds is 3. The zero-order chi connectivity index (χ0) is 17.2. The lowest BCUT2D eigenvalue weighted by Gasteiger charge is -2.29. The maximum atomic E-state index is 4.79. The molecular formula is C22H20N2S. The Morgan fingerprint density at radius 1 is 0.920 bits per heavy atom. The molecule has 0 saturated heterocycles. The average Bonchev–Trinajstić information content (AvgIpc) is 3.10. The molecule has 4 rings (SSSR count). The Morgan fingerprint density at radius 3 is 2.32 bits per heavy atom. The number of hydrogen-bond acceptors (Lipinski definition) is 3. The monoisotopic (exact) mass is 344 g/mol. The number of nitrogens with zero attached hydrogens (tertiary/aromatic N) is 2. The molecule has 0 aliphatic carbocycles. The van der Waals surface area contributed by atoms with Gasteiger partial charge in [-0.25, -0.2) is 4.99 Å². The fourth-order valence-electron chi connectivity index (χ4n) is 2.94. The van der Waals surface area contributed by atoms with Gasteiger partial charge in [0.2, 0.25) is 0 Å². The summed E-state index contributed by atoms with van der Waals surface area (Å²) in [5.74, 6) is 0. The molecule has 2 heterocycles. The van der Waals surface area contributed by atoms with Crippen molar-refractivity contribution in [2.75, 3.05) is 0 Å². The van der Waals surface area contributed by atoms with Crippen molar-refractivity contribution in [3.8, 4) is 0 Å². The van der Waals surface area contributed by atoms with Gasteiger partial charge in [-0.3, -0.25) is 0 Å². The van der Waals surface area contributed by atoms with Gasteiger partial charge in [0.15, 0.2) is 5.17 Å². The molecule has 124 valence electrons. The summed E-state index contributed by atoms with van der Waals surface area (Å²) in [6, 6.07) is 17.5. The van der Waals surface area contributed by atoms with Crippen LogP contribution in [0.25, 0.3) is 6.08 Å². The van der Waals surface area contributed by atoms with Crippen molar-refractivity contribution in [1.82, 2.24) is 4.90 Å². The van der Waals surface area contributed by atoms with Gasteiger partial charge in [0, 0.05) is 6.20 Å². The molecule has 2 aromatic carbocycles. The summed E-state index contributed by atoms with van der Waals surface area (Å²) >= 11 is 1.68. The summed E-state index contributed by atoms with van der Waals surface area (Å²) in [5.41, 5.74) is 6.04. The van der Waals surface area contributed by atoms with Gasteiger partial charge >= 0.3 is 0 Å². The van der Waals surface area contributed by atoms with Crippen LogP contribution in [0.3, 0.4) is 0 Å². The van der Waals surface area contributed by atoms with Crippen LogP contribution in [0.5, 0.6) is 0 Å². The smallest absolute Gasteiger partial charge is 0.173 e. The molecule has 1 unspecified atom stereocenters. The molecule has 3 heteroatoms. The highest BCUT2D eigenvalue weighted by molar-refractivity contribution is 8.16. The molecule has 2 aliphatic heterocycles. The third-order valence-electron chi connectivity index (χ3n) is 4.41. The number of fused-ring (bicyclic) bond motifs is 1. The minimum absolute atomic E-state index is 0.192. The second kappa shape index (κ2) is 6.77. The van der Waals surface area contributed by atoms with Crippen LogP contribution in [0, 0.1) is 13.8 Å². The first-order valence-corrected chi connectivity index (χ1v) is 9.30. The van der Waals surface area contributed by atoms with Crippen molar-refractivity contribution in [2.24, 2.45) is 4.99 Å². The van der Waals surface area contributed by atoms with Crippen molar-refractivity contribution < 1.29 is 0 Å². The summed E-state index contributed by atoms with van der Waals surface area (Å²) in [6.07, 6.45) is 8.58. The highest BCUT2D eigenvalue weighted by atomic mass is 32.2. The van der Waals surface area contributed by atoms with E-state index in [-0.39, 0.29) is 6.04 Å². The van der Waals surface area contributed by atoms with Crippen LogP contribution in [-0.2, 0) is 0 Å². The maximum absolute atomic E-state index is 4.79. The third kappa shape index (κ3) is 3.47.